The standard InChI is InChI=1S/C11H11N5O7S/c1-5-12-9(15-11(13-5)22-2)14-10(19)16-24(20,21)8-6(7(17)18)3-4-23-8/h3-4H,1-2H3,(H,17,18)(H2,12,13,14,15,16,19). The highest BCUT2D eigenvalue weighted by Gasteiger charge is 2.28. The van der Waals surface area contributed by atoms with Gasteiger partial charge in [-0.15, -0.1) is 0 Å². The number of carboxylic acids is 1. The molecule has 2 rings (SSSR count). The summed E-state index contributed by atoms with van der Waals surface area (Å²) < 4.78 is 35.0. The van der Waals surface area contributed by atoms with Gasteiger partial charge in [0.2, 0.25) is 5.95 Å². The number of aryl methyl sites for hydroxylation is 1. The van der Waals surface area contributed by atoms with Crippen molar-refractivity contribution in [3.05, 3.63) is 23.7 Å². The van der Waals surface area contributed by atoms with Crippen molar-refractivity contribution in [1.82, 2.24) is 19.7 Å². The number of methoxy groups -OCH3 is 1. The SMILES string of the molecule is COc1nc(C)nc(NC(=O)NS(=O)(=O)c2occc2C(=O)O)n1. The first kappa shape index (κ1) is 17.1. The van der Waals surface area contributed by atoms with E-state index in [1.807, 2.05) is 0 Å². The molecular formula is C11H11N5O7S. The molecule has 13 heteroatoms. The molecule has 0 spiro atoms. The molecule has 0 aliphatic rings. The third kappa shape index (κ3) is 3.75. The quantitative estimate of drug-likeness (QED) is 0.660. The van der Waals surface area contributed by atoms with Gasteiger partial charge in [-0.25, -0.2) is 14.3 Å². The van der Waals surface area contributed by atoms with E-state index in [0.29, 0.717) is 0 Å². The van der Waals surface area contributed by atoms with Crippen molar-refractivity contribution in [2.45, 2.75) is 12.0 Å². The molecule has 0 bridgehead atoms. The summed E-state index contributed by atoms with van der Waals surface area (Å²) in [5, 5.41) is 10.0. The fraction of sp³-hybridized carbons (Fsp3) is 0.182. The Labute approximate surface area is 134 Å². The number of sulfonamides is 1. The van der Waals surface area contributed by atoms with Gasteiger partial charge in [-0.1, -0.05) is 0 Å². The minimum Gasteiger partial charge on any atom is -0.478 e. The number of carbonyl (C=O) groups excluding carboxylic acids is 1. The molecule has 2 heterocycles. The Morgan fingerprint density at radius 1 is 1.29 bits per heavy atom. The molecular weight excluding hydrogens is 346 g/mol. The number of nitrogens with one attached hydrogen (secondary N) is 2. The van der Waals surface area contributed by atoms with Crippen LogP contribution in [0.15, 0.2) is 21.8 Å². The molecule has 128 valence electrons. The van der Waals surface area contributed by atoms with Gasteiger partial charge in [-0.2, -0.15) is 23.4 Å². The summed E-state index contributed by atoms with van der Waals surface area (Å²) in [5.74, 6) is -1.56. The predicted octanol–water partition coefficient (Wildman–Crippen LogP) is -0.00978. The molecule has 0 aliphatic heterocycles. The van der Waals surface area contributed by atoms with Crippen LogP contribution in [0.3, 0.4) is 0 Å². The first-order chi connectivity index (χ1) is 11.2. The van der Waals surface area contributed by atoms with E-state index < -0.39 is 32.7 Å². The number of hydrogen-bond acceptors (Lipinski definition) is 9. The first-order valence-electron chi connectivity index (χ1n) is 6.14. The maximum atomic E-state index is 12.0. The van der Waals surface area contributed by atoms with Crippen LogP contribution in [0.25, 0.3) is 0 Å². The van der Waals surface area contributed by atoms with E-state index in [2.05, 4.69) is 24.7 Å². The zero-order valence-electron chi connectivity index (χ0n) is 12.3. The van der Waals surface area contributed by atoms with Crippen LogP contribution < -0.4 is 14.8 Å². The van der Waals surface area contributed by atoms with Gasteiger partial charge in [0.05, 0.1) is 13.4 Å². The van der Waals surface area contributed by atoms with Gasteiger partial charge in [-0.05, 0) is 13.0 Å². The van der Waals surface area contributed by atoms with Gasteiger partial charge in [0.15, 0.2) is 0 Å². The predicted molar refractivity (Wildman–Crippen MR) is 76.1 cm³/mol. The largest absolute Gasteiger partial charge is 0.478 e. The lowest BCUT2D eigenvalue weighted by atomic mass is 10.3. The smallest absolute Gasteiger partial charge is 0.340 e. The summed E-state index contributed by atoms with van der Waals surface area (Å²) in [6, 6.07) is -0.370. The maximum absolute atomic E-state index is 12.0. The molecule has 0 unspecified atom stereocenters. The second-order valence-electron chi connectivity index (χ2n) is 4.18. The highest BCUT2D eigenvalue weighted by Crippen LogP contribution is 2.17. The van der Waals surface area contributed by atoms with Crippen LogP contribution in [0.4, 0.5) is 10.7 Å². The third-order valence-electron chi connectivity index (χ3n) is 2.47. The summed E-state index contributed by atoms with van der Waals surface area (Å²) in [7, 11) is -3.25. The van der Waals surface area contributed by atoms with Crippen molar-refractivity contribution in [3.63, 3.8) is 0 Å². The van der Waals surface area contributed by atoms with Gasteiger partial charge in [0, 0.05) is 0 Å². The Morgan fingerprint density at radius 3 is 2.62 bits per heavy atom. The van der Waals surface area contributed by atoms with Gasteiger partial charge < -0.3 is 14.3 Å². The lowest BCUT2D eigenvalue weighted by Gasteiger charge is -2.07. The Kier molecular flexibility index (Phi) is 4.64. The molecule has 2 aromatic heterocycles. The number of rotatable bonds is 5. The number of urea groups is 1. The molecule has 12 nitrogen and oxygen atoms in total. The number of carboxylic acid groups (broad SMARTS) is 1. The number of aromatic nitrogens is 3. The number of anilines is 1. The van der Waals surface area contributed by atoms with Crippen molar-refractivity contribution in [3.8, 4) is 6.01 Å². The van der Waals surface area contributed by atoms with Crippen LogP contribution >= 0.6 is 0 Å². The van der Waals surface area contributed by atoms with Crippen LogP contribution in [-0.4, -0.2) is 47.6 Å². The molecule has 0 fully saturated rings. The molecule has 2 amide bonds. The molecule has 3 N–H and O–H groups in total. The lowest BCUT2D eigenvalue weighted by molar-refractivity contribution is 0.0689. The van der Waals surface area contributed by atoms with E-state index in [0.717, 1.165) is 12.3 Å². The van der Waals surface area contributed by atoms with Crippen molar-refractivity contribution < 1.29 is 32.3 Å². The number of aromatic carboxylic acids is 1. The van der Waals surface area contributed by atoms with E-state index in [4.69, 9.17) is 9.84 Å². The van der Waals surface area contributed by atoms with Crippen LogP contribution in [0.2, 0.25) is 0 Å². The molecule has 0 radical (unpaired) electrons. The third-order valence-corrected chi connectivity index (χ3v) is 3.72. The average Bonchev–Trinajstić information content (AvgIpc) is 2.96. The van der Waals surface area contributed by atoms with Crippen LogP contribution in [0.5, 0.6) is 6.01 Å². The normalized spacial score (nSPS) is 10.9. The zero-order chi connectivity index (χ0) is 17.9. The maximum Gasteiger partial charge on any atom is 0.340 e. The molecule has 0 saturated carbocycles. The molecule has 0 atom stereocenters. The second kappa shape index (κ2) is 6.49. The summed E-state index contributed by atoms with van der Waals surface area (Å²) in [6.45, 7) is 1.51. The summed E-state index contributed by atoms with van der Waals surface area (Å²) in [4.78, 5) is 34.0. The fourth-order valence-corrected chi connectivity index (χ4v) is 2.58. The van der Waals surface area contributed by atoms with Crippen molar-refractivity contribution >= 4 is 28.0 Å². The topological polar surface area (TPSA) is 174 Å². The van der Waals surface area contributed by atoms with E-state index in [9.17, 15) is 18.0 Å². The number of nitrogens with zero attached hydrogens (tertiary/aromatic N) is 3. The van der Waals surface area contributed by atoms with Gasteiger partial charge in [0.25, 0.3) is 15.1 Å². The van der Waals surface area contributed by atoms with Crippen LogP contribution in [-0.2, 0) is 10.0 Å². The number of amides is 2. The zero-order valence-corrected chi connectivity index (χ0v) is 13.1. The molecule has 24 heavy (non-hydrogen) atoms. The second-order valence-corrected chi connectivity index (χ2v) is 5.76. The Morgan fingerprint density at radius 2 is 2.00 bits per heavy atom. The van der Waals surface area contributed by atoms with Gasteiger partial charge >= 0.3 is 18.0 Å². The number of ether oxygens (including phenoxy) is 1. The number of hydrogen-bond donors (Lipinski definition) is 3. The van der Waals surface area contributed by atoms with E-state index in [-0.39, 0.29) is 17.8 Å². The average molecular weight is 357 g/mol. The summed E-state index contributed by atoms with van der Waals surface area (Å²) >= 11 is 0. The fourth-order valence-electron chi connectivity index (χ4n) is 1.56. The highest BCUT2D eigenvalue weighted by molar-refractivity contribution is 7.90. The van der Waals surface area contributed by atoms with Gasteiger partial charge in [-0.3, -0.25) is 5.32 Å². The molecule has 0 aromatic carbocycles. The number of furan rings is 1. The van der Waals surface area contributed by atoms with Gasteiger partial charge in [0.1, 0.15) is 11.4 Å². The minimum atomic E-state index is -4.55. The molecule has 0 saturated heterocycles. The monoisotopic (exact) mass is 357 g/mol. The Hall–Kier alpha value is -3.22. The minimum absolute atomic E-state index is 0.0835. The summed E-state index contributed by atoms with van der Waals surface area (Å²) in [5.41, 5.74) is -0.618. The lowest BCUT2D eigenvalue weighted by Crippen LogP contribution is -2.35. The van der Waals surface area contributed by atoms with E-state index in [1.165, 1.54) is 14.0 Å². The van der Waals surface area contributed by atoms with Crippen molar-refractivity contribution in [2.24, 2.45) is 0 Å². The van der Waals surface area contributed by atoms with E-state index in [1.54, 1.807) is 4.72 Å². The van der Waals surface area contributed by atoms with Crippen LogP contribution in [0.1, 0.15) is 16.2 Å². The van der Waals surface area contributed by atoms with E-state index >= 15 is 0 Å². The first-order valence-corrected chi connectivity index (χ1v) is 7.62. The molecule has 2 aromatic rings. The summed E-state index contributed by atoms with van der Waals surface area (Å²) in [6.07, 6.45) is 0.871. The number of carbonyl (C=O) groups is 2. The van der Waals surface area contributed by atoms with Crippen molar-refractivity contribution in [2.75, 3.05) is 12.4 Å². The van der Waals surface area contributed by atoms with Crippen LogP contribution in [0, 0.1) is 6.92 Å². The Balaban J connectivity index is 2.18. The highest BCUT2D eigenvalue weighted by atomic mass is 32.2. The Bertz CT molecular complexity index is 892. The van der Waals surface area contributed by atoms with Crippen molar-refractivity contribution in [1.29, 1.82) is 0 Å². The molecule has 0 aliphatic carbocycles.